The molecule has 0 saturated heterocycles. The minimum Gasteiger partial charge on any atom is -0.508 e. The van der Waals surface area contributed by atoms with Gasteiger partial charge in [-0.2, -0.15) is 0 Å². The molecule has 0 saturated carbocycles. The molecule has 0 unspecified atom stereocenters. The lowest BCUT2D eigenvalue weighted by Gasteiger charge is -2.04. The molecule has 0 radical (unpaired) electrons. The van der Waals surface area contributed by atoms with Crippen molar-refractivity contribution >= 4 is 23.2 Å². The second-order valence-electron chi connectivity index (χ2n) is 2.65. The number of benzene rings is 1. The fourth-order valence-corrected chi connectivity index (χ4v) is 1.15. The lowest BCUT2D eigenvalue weighted by atomic mass is 10.3. The molecule has 1 rings (SSSR count). The first-order chi connectivity index (χ1) is 6.63. The second kappa shape index (κ2) is 4.67. The van der Waals surface area contributed by atoms with Crippen LogP contribution in [0.2, 0.25) is 5.02 Å². The van der Waals surface area contributed by atoms with Crippen molar-refractivity contribution in [1.82, 2.24) is 0 Å². The van der Waals surface area contributed by atoms with E-state index in [0.29, 0.717) is 10.7 Å². The number of phenols is 1. The fourth-order valence-electron chi connectivity index (χ4n) is 0.931. The minimum atomic E-state index is -0.250. The van der Waals surface area contributed by atoms with Crippen LogP contribution >= 0.6 is 11.6 Å². The summed E-state index contributed by atoms with van der Waals surface area (Å²) in [7, 11) is 0. The van der Waals surface area contributed by atoms with Gasteiger partial charge in [-0.25, -0.2) is 0 Å². The van der Waals surface area contributed by atoms with Gasteiger partial charge in [-0.05, 0) is 25.1 Å². The Morgan fingerprint density at radius 2 is 2.29 bits per heavy atom. The van der Waals surface area contributed by atoms with Crippen molar-refractivity contribution in [2.45, 2.75) is 6.92 Å². The number of hydrogen-bond acceptors (Lipinski definition) is 2. The molecule has 0 atom stereocenters. The van der Waals surface area contributed by atoms with Crippen LogP contribution in [0.5, 0.6) is 5.75 Å². The second-order valence-corrected chi connectivity index (χ2v) is 3.06. The van der Waals surface area contributed by atoms with E-state index in [0.717, 1.165) is 0 Å². The number of hydrogen-bond donors (Lipinski definition) is 2. The molecule has 1 aromatic carbocycles. The third-order valence-electron chi connectivity index (χ3n) is 1.53. The monoisotopic (exact) mass is 211 g/mol. The summed E-state index contributed by atoms with van der Waals surface area (Å²) in [6.45, 7) is 1.75. The van der Waals surface area contributed by atoms with Crippen LogP contribution in [0, 0.1) is 0 Å². The Balaban J connectivity index is 2.82. The molecule has 0 fully saturated rings. The summed E-state index contributed by atoms with van der Waals surface area (Å²) < 4.78 is 0. The van der Waals surface area contributed by atoms with Crippen molar-refractivity contribution in [2.24, 2.45) is 0 Å². The Morgan fingerprint density at radius 3 is 2.86 bits per heavy atom. The zero-order chi connectivity index (χ0) is 10.6. The smallest absolute Gasteiger partial charge is 0.248 e. The van der Waals surface area contributed by atoms with Crippen molar-refractivity contribution in [3.63, 3.8) is 0 Å². The van der Waals surface area contributed by atoms with E-state index in [1.165, 1.54) is 18.2 Å². The summed E-state index contributed by atoms with van der Waals surface area (Å²) >= 11 is 5.77. The first-order valence-electron chi connectivity index (χ1n) is 4.05. The molecule has 74 valence electrons. The van der Waals surface area contributed by atoms with Gasteiger partial charge in [0.2, 0.25) is 5.91 Å². The van der Waals surface area contributed by atoms with Gasteiger partial charge < -0.3 is 10.4 Å². The SMILES string of the molecule is CC=CC(=O)Nc1ccc(O)cc1Cl. The largest absolute Gasteiger partial charge is 0.508 e. The van der Waals surface area contributed by atoms with E-state index in [1.54, 1.807) is 19.1 Å². The van der Waals surface area contributed by atoms with Crippen LogP contribution in [0.15, 0.2) is 30.4 Å². The van der Waals surface area contributed by atoms with Crippen LogP contribution in [-0.2, 0) is 4.79 Å². The number of aromatic hydroxyl groups is 1. The van der Waals surface area contributed by atoms with Gasteiger partial charge in [0.25, 0.3) is 0 Å². The predicted octanol–water partition coefficient (Wildman–Crippen LogP) is 2.56. The Morgan fingerprint density at radius 1 is 1.57 bits per heavy atom. The van der Waals surface area contributed by atoms with Gasteiger partial charge in [0.05, 0.1) is 10.7 Å². The Bertz CT molecular complexity index is 374. The summed E-state index contributed by atoms with van der Waals surface area (Å²) in [5.41, 5.74) is 0.479. The van der Waals surface area contributed by atoms with Crippen LogP contribution in [0.4, 0.5) is 5.69 Å². The Labute approximate surface area is 87.0 Å². The minimum absolute atomic E-state index is 0.0685. The van der Waals surface area contributed by atoms with Gasteiger partial charge in [-0.3, -0.25) is 4.79 Å². The van der Waals surface area contributed by atoms with Crippen LogP contribution in [0.3, 0.4) is 0 Å². The Kier molecular flexibility index (Phi) is 3.54. The molecule has 0 aliphatic carbocycles. The molecule has 0 aliphatic rings. The van der Waals surface area contributed by atoms with Crippen molar-refractivity contribution in [3.05, 3.63) is 35.4 Å². The van der Waals surface area contributed by atoms with Crippen LogP contribution < -0.4 is 5.32 Å². The first kappa shape index (κ1) is 10.6. The number of allylic oxidation sites excluding steroid dienone is 1. The average molecular weight is 212 g/mol. The molecule has 2 N–H and O–H groups in total. The van der Waals surface area contributed by atoms with E-state index >= 15 is 0 Å². The maximum Gasteiger partial charge on any atom is 0.248 e. The molecule has 0 spiro atoms. The van der Waals surface area contributed by atoms with E-state index in [-0.39, 0.29) is 11.7 Å². The number of carbonyl (C=O) groups excluding carboxylic acids is 1. The summed E-state index contributed by atoms with van der Waals surface area (Å²) in [5, 5.41) is 11.9. The predicted molar refractivity (Wildman–Crippen MR) is 56.6 cm³/mol. The van der Waals surface area contributed by atoms with Crippen LogP contribution in [0.25, 0.3) is 0 Å². The van der Waals surface area contributed by atoms with Crippen molar-refractivity contribution in [3.8, 4) is 5.75 Å². The van der Waals surface area contributed by atoms with Gasteiger partial charge in [0, 0.05) is 6.07 Å². The summed E-state index contributed by atoms with van der Waals surface area (Å²) in [5.74, 6) is -0.181. The molecule has 1 amide bonds. The topological polar surface area (TPSA) is 49.3 Å². The highest BCUT2D eigenvalue weighted by atomic mass is 35.5. The van der Waals surface area contributed by atoms with E-state index in [4.69, 9.17) is 16.7 Å². The standard InChI is InChI=1S/C10H10ClNO2/c1-2-3-10(14)12-9-5-4-7(13)6-8(9)11/h2-6,13H,1H3,(H,12,14). The number of phenolic OH excluding ortho intramolecular Hbond substituents is 1. The van der Waals surface area contributed by atoms with Gasteiger partial charge in [-0.1, -0.05) is 17.7 Å². The number of rotatable bonds is 2. The van der Waals surface area contributed by atoms with Crippen molar-refractivity contribution in [1.29, 1.82) is 0 Å². The number of anilines is 1. The number of nitrogens with one attached hydrogen (secondary N) is 1. The third-order valence-corrected chi connectivity index (χ3v) is 1.84. The van der Waals surface area contributed by atoms with E-state index < -0.39 is 0 Å². The molecule has 0 heterocycles. The third kappa shape index (κ3) is 2.78. The molecule has 0 aromatic heterocycles. The molecule has 14 heavy (non-hydrogen) atoms. The maximum absolute atomic E-state index is 11.1. The molecular formula is C10H10ClNO2. The molecule has 0 bridgehead atoms. The van der Waals surface area contributed by atoms with Gasteiger partial charge in [-0.15, -0.1) is 0 Å². The number of halogens is 1. The van der Waals surface area contributed by atoms with Crippen LogP contribution in [0.1, 0.15) is 6.92 Å². The fraction of sp³-hybridized carbons (Fsp3) is 0.100. The normalized spacial score (nSPS) is 10.4. The van der Waals surface area contributed by atoms with Gasteiger partial charge in [0.15, 0.2) is 0 Å². The molecule has 1 aromatic rings. The highest BCUT2D eigenvalue weighted by Crippen LogP contribution is 2.25. The van der Waals surface area contributed by atoms with E-state index in [2.05, 4.69) is 5.32 Å². The summed E-state index contributed by atoms with van der Waals surface area (Å²) in [4.78, 5) is 11.1. The number of carbonyl (C=O) groups is 1. The summed E-state index contributed by atoms with van der Waals surface area (Å²) in [6.07, 6.45) is 3.02. The lowest BCUT2D eigenvalue weighted by Crippen LogP contribution is -2.07. The van der Waals surface area contributed by atoms with Crippen molar-refractivity contribution in [2.75, 3.05) is 5.32 Å². The molecule has 4 heteroatoms. The number of amides is 1. The maximum atomic E-state index is 11.1. The molecule has 3 nitrogen and oxygen atoms in total. The van der Waals surface area contributed by atoms with E-state index in [1.807, 2.05) is 0 Å². The van der Waals surface area contributed by atoms with Crippen LogP contribution in [-0.4, -0.2) is 11.0 Å². The highest BCUT2D eigenvalue weighted by Gasteiger charge is 2.03. The zero-order valence-electron chi connectivity index (χ0n) is 7.62. The lowest BCUT2D eigenvalue weighted by molar-refractivity contribution is -0.111. The first-order valence-corrected chi connectivity index (χ1v) is 4.43. The van der Waals surface area contributed by atoms with Crippen molar-refractivity contribution < 1.29 is 9.90 Å². The summed E-state index contributed by atoms with van der Waals surface area (Å²) in [6, 6.07) is 4.36. The zero-order valence-corrected chi connectivity index (χ0v) is 8.38. The van der Waals surface area contributed by atoms with E-state index in [9.17, 15) is 4.79 Å². The highest BCUT2D eigenvalue weighted by molar-refractivity contribution is 6.34. The quantitative estimate of drug-likeness (QED) is 0.584. The van der Waals surface area contributed by atoms with Gasteiger partial charge in [0.1, 0.15) is 5.75 Å². The average Bonchev–Trinajstić information content (AvgIpc) is 2.10. The Hall–Kier alpha value is -1.48. The van der Waals surface area contributed by atoms with Gasteiger partial charge >= 0.3 is 0 Å². The molecule has 0 aliphatic heterocycles. The molecular weight excluding hydrogens is 202 g/mol.